The number of thioether (sulfide) groups is 1. The molecule has 1 N–H and O–H groups in total. The van der Waals surface area contributed by atoms with E-state index < -0.39 is 0 Å². The van der Waals surface area contributed by atoms with Crippen LogP contribution in [0.5, 0.6) is 5.75 Å². The third-order valence-corrected chi connectivity index (χ3v) is 7.80. The predicted octanol–water partition coefficient (Wildman–Crippen LogP) is 9.48. The number of carbonyl (C=O) groups is 1. The summed E-state index contributed by atoms with van der Waals surface area (Å²) < 4.78 is 5.65. The molecule has 0 saturated carbocycles. The maximum absolute atomic E-state index is 12.9. The van der Waals surface area contributed by atoms with E-state index in [4.69, 9.17) is 9.72 Å². The van der Waals surface area contributed by atoms with Crippen LogP contribution >= 0.6 is 11.8 Å². The molecule has 0 aliphatic rings. The molecule has 0 atom stereocenters. The Morgan fingerprint density at radius 1 is 0.750 bits per heavy atom. The summed E-state index contributed by atoms with van der Waals surface area (Å²) >= 11 is 1.76. The number of hydrogen-bond donors (Lipinski definition) is 1. The van der Waals surface area contributed by atoms with Gasteiger partial charge in [0.2, 0.25) is 0 Å². The molecule has 4 rings (SSSR count). The molecule has 1 heterocycles. The monoisotopic (exact) mass is 555 g/mol. The molecule has 210 valence electrons. The van der Waals surface area contributed by atoms with E-state index >= 15 is 0 Å². The van der Waals surface area contributed by atoms with Gasteiger partial charge < -0.3 is 14.6 Å². The van der Waals surface area contributed by atoms with Gasteiger partial charge in [0, 0.05) is 30.0 Å². The molecule has 4 aromatic rings. The van der Waals surface area contributed by atoms with Crippen LogP contribution in [0.3, 0.4) is 0 Å². The van der Waals surface area contributed by atoms with Crippen molar-refractivity contribution in [1.82, 2.24) is 14.9 Å². The number of imidazole rings is 1. The molecule has 40 heavy (non-hydrogen) atoms. The molecule has 0 spiro atoms. The van der Waals surface area contributed by atoms with Gasteiger partial charge in [0.25, 0.3) is 0 Å². The highest BCUT2D eigenvalue weighted by molar-refractivity contribution is 7.99. The van der Waals surface area contributed by atoms with Crippen LogP contribution < -0.4 is 4.74 Å². The SMILES string of the molecule is CCCCCCCN(CCCCCSc1nc(-c2ccccc2)c(-c2ccccc2)[nH]1)C(=O)Oc1ccccc1. The number of ether oxygens (including phenoxy) is 1. The molecule has 0 aliphatic heterocycles. The Hall–Kier alpha value is -3.51. The molecule has 1 amide bonds. The van der Waals surface area contributed by atoms with E-state index in [1.165, 1.54) is 19.3 Å². The normalized spacial score (nSPS) is 10.9. The predicted molar refractivity (Wildman–Crippen MR) is 167 cm³/mol. The summed E-state index contributed by atoms with van der Waals surface area (Å²) in [7, 11) is 0. The van der Waals surface area contributed by atoms with E-state index in [0.29, 0.717) is 5.75 Å². The quantitative estimate of drug-likeness (QED) is 0.110. The van der Waals surface area contributed by atoms with Gasteiger partial charge in [-0.15, -0.1) is 0 Å². The van der Waals surface area contributed by atoms with Crippen molar-refractivity contribution in [3.05, 3.63) is 91.0 Å². The second kappa shape index (κ2) is 16.6. The summed E-state index contributed by atoms with van der Waals surface area (Å²) in [6.45, 7) is 3.69. The molecule has 5 nitrogen and oxygen atoms in total. The highest BCUT2D eigenvalue weighted by atomic mass is 32.2. The highest BCUT2D eigenvalue weighted by Gasteiger charge is 2.16. The Kier molecular flexibility index (Phi) is 12.2. The van der Waals surface area contributed by atoms with Gasteiger partial charge in [-0.3, -0.25) is 0 Å². The first-order valence-electron chi connectivity index (χ1n) is 14.6. The molecule has 6 heteroatoms. The van der Waals surface area contributed by atoms with Crippen LogP contribution in [-0.4, -0.2) is 39.8 Å². The zero-order chi connectivity index (χ0) is 27.8. The highest BCUT2D eigenvalue weighted by Crippen LogP contribution is 2.32. The van der Waals surface area contributed by atoms with E-state index in [1.54, 1.807) is 11.8 Å². The van der Waals surface area contributed by atoms with E-state index in [9.17, 15) is 4.79 Å². The first-order chi connectivity index (χ1) is 19.7. The van der Waals surface area contributed by atoms with E-state index in [-0.39, 0.29) is 6.09 Å². The molecule has 0 bridgehead atoms. The van der Waals surface area contributed by atoms with Crippen molar-refractivity contribution in [2.75, 3.05) is 18.8 Å². The van der Waals surface area contributed by atoms with Crippen LogP contribution in [-0.2, 0) is 0 Å². The number of nitrogens with one attached hydrogen (secondary N) is 1. The van der Waals surface area contributed by atoms with Crippen LogP contribution in [0.25, 0.3) is 22.5 Å². The molecule has 0 unspecified atom stereocenters. The smallest absolute Gasteiger partial charge is 0.410 e. The van der Waals surface area contributed by atoms with E-state index in [1.807, 2.05) is 47.4 Å². The Morgan fingerprint density at radius 3 is 1.98 bits per heavy atom. The fourth-order valence-corrected chi connectivity index (χ4v) is 5.52. The first kappa shape index (κ1) is 29.5. The lowest BCUT2D eigenvalue weighted by atomic mass is 10.1. The number of carbonyl (C=O) groups excluding carboxylic acids is 1. The molecule has 0 aliphatic carbocycles. The Balaban J connectivity index is 1.27. The van der Waals surface area contributed by atoms with Gasteiger partial charge in [-0.25, -0.2) is 9.78 Å². The van der Waals surface area contributed by atoms with Crippen molar-refractivity contribution in [2.45, 2.75) is 63.4 Å². The lowest BCUT2D eigenvalue weighted by Gasteiger charge is -2.22. The molecule has 0 saturated heterocycles. The van der Waals surface area contributed by atoms with Crippen LogP contribution in [0.15, 0.2) is 96.2 Å². The number of rotatable bonds is 16. The van der Waals surface area contributed by atoms with Crippen molar-refractivity contribution in [2.24, 2.45) is 0 Å². The topological polar surface area (TPSA) is 58.2 Å². The molecular formula is C34H41N3O2S. The van der Waals surface area contributed by atoms with Crippen LogP contribution in [0.1, 0.15) is 58.3 Å². The zero-order valence-electron chi connectivity index (χ0n) is 23.6. The Labute approximate surface area is 243 Å². The third-order valence-electron chi connectivity index (χ3n) is 6.84. The number of benzene rings is 3. The number of H-pyrrole nitrogens is 1. The Morgan fingerprint density at radius 2 is 1.32 bits per heavy atom. The fraction of sp³-hybridized carbons (Fsp3) is 0.353. The molecule has 3 aromatic carbocycles. The molecular weight excluding hydrogens is 514 g/mol. The van der Waals surface area contributed by atoms with Gasteiger partial charge in [0.15, 0.2) is 5.16 Å². The maximum Gasteiger partial charge on any atom is 0.415 e. The van der Waals surface area contributed by atoms with Gasteiger partial charge in [-0.2, -0.15) is 0 Å². The maximum atomic E-state index is 12.9. The second-order valence-electron chi connectivity index (χ2n) is 9.99. The minimum Gasteiger partial charge on any atom is -0.410 e. The standard InChI is InChI=1S/C34H41N3O2S/c1-2-3-4-5-16-25-37(34(38)39-30-23-14-8-15-24-30)26-17-9-18-27-40-33-35-31(28-19-10-6-11-20-28)32(36-33)29-21-12-7-13-22-29/h6-8,10-15,19-24H,2-5,9,16-18,25-27H2,1H3,(H,35,36). The van der Waals surface area contributed by atoms with Crippen LogP contribution in [0, 0.1) is 0 Å². The van der Waals surface area contributed by atoms with Gasteiger partial charge in [-0.1, -0.05) is 130 Å². The summed E-state index contributed by atoms with van der Waals surface area (Å²) in [5.41, 5.74) is 4.29. The second-order valence-corrected chi connectivity index (χ2v) is 11.1. The molecule has 0 radical (unpaired) electrons. The van der Waals surface area contributed by atoms with Gasteiger partial charge in [-0.05, 0) is 31.4 Å². The summed E-state index contributed by atoms with van der Waals surface area (Å²) in [4.78, 5) is 23.3. The van der Waals surface area contributed by atoms with Crippen LogP contribution in [0.2, 0.25) is 0 Å². The van der Waals surface area contributed by atoms with Crippen molar-refractivity contribution in [3.8, 4) is 28.3 Å². The summed E-state index contributed by atoms with van der Waals surface area (Å²) in [6, 6.07) is 30.1. The molecule has 1 aromatic heterocycles. The van der Waals surface area contributed by atoms with Crippen molar-refractivity contribution >= 4 is 17.9 Å². The number of nitrogens with zero attached hydrogens (tertiary/aromatic N) is 2. The van der Waals surface area contributed by atoms with Crippen molar-refractivity contribution in [3.63, 3.8) is 0 Å². The number of unbranched alkanes of at least 4 members (excludes halogenated alkanes) is 6. The summed E-state index contributed by atoms with van der Waals surface area (Å²) in [5.74, 6) is 1.57. The zero-order valence-corrected chi connectivity index (χ0v) is 24.4. The average molecular weight is 556 g/mol. The lowest BCUT2D eigenvalue weighted by Crippen LogP contribution is -2.35. The lowest BCUT2D eigenvalue weighted by molar-refractivity contribution is 0.150. The van der Waals surface area contributed by atoms with Crippen LogP contribution in [0.4, 0.5) is 4.79 Å². The number of hydrogen-bond acceptors (Lipinski definition) is 4. The number of para-hydroxylation sites is 1. The van der Waals surface area contributed by atoms with Gasteiger partial charge in [0.05, 0.1) is 11.4 Å². The van der Waals surface area contributed by atoms with E-state index in [0.717, 1.165) is 78.6 Å². The van der Waals surface area contributed by atoms with Gasteiger partial charge in [0.1, 0.15) is 5.75 Å². The minimum atomic E-state index is -0.242. The van der Waals surface area contributed by atoms with Crippen molar-refractivity contribution < 1.29 is 9.53 Å². The minimum absolute atomic E-state index is 0.242. The number of aromatic nitrogens is 2. The average Bonchev–Trinajstić information content (AvgIpc) is 3.43. The largest absolute Gasteiger partial charge is 0.415 e. The fourth-order valence-electron chi connectivity index (χ4n) is 4.64. The summed E-state index contributed by atoms with van der Waals surface area (Å²) in [6.07, 6.45) is 8.69. The third kappa shape index (κ3) is 9.30. The molecule has 0 fully saturated rings. The first-order valence-corrected chi connectivity index (χ1v) is 15.6. The number of amides is 1. The van der Waals surface area contributed by atoms with E-state index in [2.05, 4.69) is 60.4 Å². The Bertz CT molecular complexity index is 1210. The van der Waals surface area contributed by atoms with Gasteiger partial charge >= 0.3 is 6.09 Å². The van der Waals surface area contributed by atoms with Crippen molar-refractivity contribution in [1.29, 1.82) is 0 Å². The number of aromatic amines is 1. The summed E-state index contributed by atoms with van der Waals surface area (Å²) in [5, 5.41) is 0.942.